The van der Waals surface area contributed by atoms with Crippen LogP contribution in [0.2, 0.25) is 5.02 Å². The van der Waals surface area contributed by atoms with E-state index in [1.165, 1.54) is 6.92 Å². The molecule has 0 saturated heterocycles. The standard InChI is InChI=1S/C23H23ClN6O/c1-13-9-18(10-29-14(2)26-27-23(13)29)30-11-19-20(25-15(3)31)12-28(4)22(19)21(30)16-5-7-17(24)8-6-16/h5-10,12,21H,11H2,1-4H3,(H,25,31). The van der Waals surface area contributed by atoms with Crippen LogP contribution in [0.5, 0.6) is 0 Å². The van der Waals surface area contributed by atoms with Crippen LogP contribution in [0.15, 0.2) is 42.7 Å². The molecular weight excluding hydrogens is 412 g/mol. The zero-order valence-electron chi connectivity index (χ0n) is 17.8. The van der Waals surface area contributed by atoms with Gasteiger partial charge in [0.15, 0.2) is 5.65 Å². The van der Waals surface area contributed by atoms with Crippen molar-refractivity contribution in [2.24, 2.45) is 7.05 Å². The van der Waals surface area contributed by atoms with Crippen molar-refractivity contribution in [2.75, 3.05) is 10.2 Å². The summed E-state index contributed by atoms with van der Waals surface area (Å²) in [5.41, 5.74) is 7.26. The third kappa shape index (κ3) is 3.16. The molecule has 0 radical (unpaired) electrons. The molecular formula is C23H23ClN6O. The lowest BCUT2D eigenvalue weighted by Crippen LogP contribution is -2.24. The first kappa shape index (κ1) is 19.6. The van der Waals surface area contributed by atoms with Crippen molar-refractivity contribution >= 4 is 34.5 Å². The number of carbonyl (C=O) groups is 1. The molecule has 3 aromatic heterocycles. The van der Waals surface area contributed by atoms with E-state index in [0.717, 1.165) is 45.2 Å². The Morgan fingerprint density at radius 2 is 1.90 bits per heavy atom. The lowest BCUT2D eigenvalue weighted by molar-refractivity contribution is -0.114. The predicted octanol–water partition coefficient (Wildman–Crippen LogP) is 4.41. The first-order chi connectivity index (χ1) is 14.8. The normalized spacial score (nSPS) is 15.5. The van der Waals surface area contributed by atoms with Crippen molar-refractivity contribution < 1.29 is 4.79 Å². The quantitative estimate of drug-likeness (QED) is 0.518. The van der Waals surface area contributed by atoms with Gasteiger partial charge in [0.05, 0.1) is 23.1 Å². The zero-order valence-corrected chi connectivity index (χ0v) is 18.6. The number of rotatable bonds is 3. The van der Waals surface area contributed by atoms with E-state index in [4.69, 9.17) is 11.6 Å². The molecule has 7 nitrogen and oxygen atoms in total. The van der Waals surface area contributed by atoms with Crippen LogP contribution in [-0.4, -0.2) is 25.1 Å². The summed E-state index contributed by atoms with van der Waals surface area (Å²) in [6, 6.07) is 10.1. The Hall–Kier alpha value is -3.32. The second-order valence-electron chi connectivity index (χ2n) is 8.10. The Labute approximate surface area is 185 Å². The Bertz CT molecular complexity index is 1320. The summed E-state index contributed by atoms with van der Waals surface area (Å²) in [6.45, 7) is 6.21. The highest BCUT2D eigenvalue weighted by Crippen LogP contribution is 2.45. The first-order valence-corrected chi connectivity index (χ1v) is 10.5. The van der Waals surface area contributed by atoms with Crippen molar-refractivity contribution in [3.05, 3.63) is 76.0 Å². The summed E-state index contributed by atoms with van der Waals surface area (Å²) in [5.74, 6) is 0.769. The fourth-order valence-corrected chi connectivity index (χ4v) is 4.68. The van der Waals surface area contributed by atoms with Crippen molar-refractivity contribution in [1.82, 2.24) is 19.2 Å². The number of nitrogens with one attached hydrogen (secondary N) is 1. The van der Waals surface area contributed by atoms with E-state index in [0.29, 0.717) is 11.6 Å². The topological polar surface area (TPSA) is 67.5 Å². The average Bonchev–Trinajstić information content (AvgIpc) is 3.37. The lowest BCUT2D eigenvalue weighted by Gasteiger charge is -2.29. The molecule has 158 valence electrons. The molecule has 4 aromatic rings. The van der Waals surface area contributed by atoms with E-state index in [9.17, 15) is 4.79 Å². The van der Waals surface area contributed by atoms with Crippen LogP contribution in [0.1, 0.15) is 41.2 Å². The molecule has 1 atom stereocenters. The Morgan fingerprint density at radius 3 is 2.61 bits per heavy atom. The molecule has 0 fully saturated rings. The molecule has 1 aromatic carbocycles. The number of aryl methyl sites for hydroxylation is 3. The second-order valence-corrected chi connectivity index (χ2v) is 8.54. The van der Waals surface area contributed by atoms with E-state index in [1.807, 2.05) is 36.7 Å². The van der Waals surface area contributed by atoms with E-state index in [-0.39, 0.29) is 11.9 Å². The van der Waals surface area contributed by atoms with E-state index in [2.05, 4.69) is 56.3 Å². The number of hydrogen-bond donors (Lipinski definition) is 1. The maximum Gasteiger partial charge on any atom is 0.221 e. The number of aromatic nitrogens is 4. The lowest BCUT2D eigenvalue weighted by atomic mass is 10.0. The summed E-state index contributed by atoms with van der Waals surface area (Å²) in [4.78, 5) is 14.1. The first-order valence-electron chi connectivity index (χ1n) is 10.1. The van der Waals surface area contributed by atoms with Gasteiger partial charge in [0.1, 0.15) is 5.82 Å². The third-order valence-electron chi connectivity index (χ3n) is 5.91. The minimum absolute atomic E-state index is 0.0200. The minimum atomic E-state index is -0.0766. The molecule has 0 spiro atoms. The molecule has 5 rings (SSSR count). The molecule has 4 heterocycles. The van der Waals surface area contributed by atoms with Crippen molar-refractivity contribution in [2.45, 2.75) is 33.4 Å². The summed E-state index contributed by atoms with van der Waals surface area (Å²) < 4.78 is 4.14. The summed E-state index contributed by atoms with van der Waals surface area (Å²) in [6.07, 6.45) is 4.08. The van der Waals surface area contributed by atoms with Gasteiger partial charge in [-0.1, -0.05) is 23.7 Å². The number of pyridine rings is 1. The van der Waals surface area contributed by atoms with Gasteiger partial charge in [0.2, 0.25) is 5.91 Å². The van der Waals surface area contributed by atoms with E-state index in [1.54, 1.807) is 0 Å². The molecule has 0 aliphatic carbocycles. The summed E-state index contributed by atoms with van der Waals surface area (Å²) >= 11 is 6.17. The number of nitrogens with zero attached hydrogens (tertiary/aromatic N) is 5. The molecule has 31 heavy (non-hydrogen) atoms. The van der Waals surface area contributed by atoms with Crippen molar-refractivity contribution in [3.63, 3.8) is 0 Å². The van der Waals surface area contributed by atoms with E-state index < -0.39 is 0 Å². The van der Waals surface area contributed by atoms with Crippen LogP contribution in [0.4, 0.5) is 11.4 Å². The average molecular weight is 435 g/mol. The highest BCUT2D eigenvalue weighted by molar-refractivity contribution is 6.30. The number of anilines is 2. The maximum absolute atomic E-state index is 11.8. The largest absolute Gasteiger partial charge is 0.353 e. The van der Waals surface area contributed by atoms with Crippen LogP contribution in [0.25, 0.3) is 5.65 Å². The van der Waals surface area contributed by atoms with Gasteiger partial charge in [-0.05, 0) is 43.2 Å². The third-order valence-corrected chi connectivity index (χ3v) is 6.16. The van der Waals surface area contributed by atoms with Crippen LogP contribution in [0.3, 0.4) is 0 Å². The number of hydrogen-bond acceptors (Lipinski definition) is 4. The van der Waals surface area contributed by atoms with Crippen LogP contribution >= 0.6 is 11.6 Å². The fraction of sp³-hybridized carbons (Fsp3) is 0.261. The molecule has 1 N–H and O–H groups in total. The monoisotopic (exact) mass is 434 g/mol. The van der Waals surface area contributed by atoms with Gasteiger partial charge >= 0.3 is 0 Å². The number of fused-ring (bicyclic) bond motifs is 2. The molecule has 8 heteroatoms. The predicted molar refractivity (Wildman–Crippen MR) is 122 cm³/mol. The van der Waals surface area contributed by atoms with Gasteiger partial charge in [-0.2, -0.15) is 0 Å². The highest BCUT2D eigenvalue weighted by Gasteiger charge is 2.37. The van der Waals surface area contributed by atoms with Gasteiger partial charge in [-0.15, -0.1) is 10.2 Å². The van der Waals surface area contributed by atoms with Gasteiger partial charge in [-0.3, -0.25) is 9.20 Å². The Morgan fingerprint density at radius 1 is 1.16 bits per heavy atom. The number of benzene rings is 1. The maximum atomic E-state index is 11.8. The van der Waals surface area contributed by atoms with Gasteiger partial charge in [-0.25, -0.2) is 0 Å². The number of halogens is 1. The molecule has 1 unspecified atom stereocenters. The number of carbonyl (C=O) groups excluding carboxylic acids is 1. The Balaban J connectivity index is 1.69. The van der Waals surface area contributed by atoms with E-state index >= 15 is 0 Å². The molecule has 1 amide bonds. The zero-order chi connectivity index (χ0) is 21.9. The Kier molecular flexibility index (Phi) is 4.51. The summed E-state index contributed by atoms with van der Waals surface area (Å²) in [5, 5.41) is 12.2. The smallest absolute Gasteiger partial charge is 0.221 e. The molecule has 0 saturated carbocycles. The molecule has 1 aliphatic heterocycles. The van der Waals surface area contributed by atoms with Crippen LogP contribution in [0, 0.1) is 13.8 Å². The van der Waals surface area contributed by atoms with Crippen molar-refractivity contribution in [1.29, 1.82) is 0 Å². The van der Waals surface area contributed by atoms with Crippen LogP contribution < -0.4 is 10.2 Å². The molecule has 0 bridgehead atoms. The minimum Gasteiger partial charge on any atom is -0.353 e. The van der Waals surface area contributed by atoms with Crippen molar-refractivity contribution in [3.8, 4) is 0 Å². The molecule has 1 aliphatic rings. The number of amides is 1. The second kappa shape index (κ2) is 7.13. The fourth-order valence-electron chi connectivity index (χ4n) is 4.55. The van der Waals surface area contributed by atoms with Gasteiger partial charge in [0, 0.05) is 43.5 Å². The van der Waals surface area contributed by atoms with Gasteiger partial charge in [0.25, 0.3) is 0 Å². The summed E-state index contributed by atoms with van der Waals surface area (Å²) in [7, 11) is 2.02. The van der Waals surface area contributed by atoms with Crippen LogP contribution in [-0.2, 0) is 18.4 Å². The SMILES string of the molecule is CC(=O)Nc1cn(C)c2c1CN(c1cc(C)c3nnc(C)n3c1)C2c1ccc(Cl)cc1. The van der Waals surface area contributed by atoms with Gasteiger partial charge < -0.3 is 14.8 Å². The highest BCUT2D eigenvalue weighted by atomic mass is 35.5.